The second kappa shape index (κ2) is 6.13. The van der Waals surface area contributed by atoms with Gasteiger partial charge in [0.1, 0.15) is 6.54 Å². The first kappa shape index (κ1) is 15.6. The van der Waals surface area contributed by atoms with Gasteiger partial charge in [0.15, 0.2) is 5.75 Å². The Kier molecular flexibility index (Phi) is 4.78. The molecule has 0 bridgehead atoms. The second-order valence-electron chi connectivity index (χ2n) is 3.56. The number of methoxy groups -OCH3 is 1. The van der Waals surface area contributed by atoms with Crippen LogP contribution in [0.5, 0.6) is 5.75 Å². The predicted molar refractivity (Wildman–Crippen MR) is 61.9 cm³/mol. The molecule has 1 aromatic rings. The average molecular weight is 292 g/mol. The largest absolute Gasteiger partial charge is 0.573 e. The zero-order chi connectivity index (χ0) is 15.3. The number of halogens is 3. The molecule has 0 aliphatic rings. The molecule has 0 saturated heterocycles. The average Bonchev–Trinajstić information content (AvgIpc) is 2.36. The Labute approximate surface area is 111 Å². The van der Waals surface area contributed by atoms with Crippen molar-refractivity contribution in [2.24, 2.45) is 0 Å². The normalized spacial score (nSPS) is 10.8. The molecule has 1 aromatic carbocycles. The molecule has 0 aliphatic heterocycles. The third-order valence-corrected chi connectivity index (χ3v) is 2.12. The maximum atomic E-state index is 12.0. The molecule has 0 radical (unpaired) electrons. The summed E-state index contributed by atoms with van der Waals surface area (Å²) in [6, 6.07) is 3.01. The van der Waals surface area contributed by atoms with Crippen molar-refractivity contribution in [3.8, 4) is 5.75 Å². The molecule has 20 heavy (non-hydrogen) atoms. The van der Waals surface area contributed by atoms with Crippen molar-refractivity contribution >= 4 is 17.6 Å². The first-order chi connectivity index (χ1) is 9.23. The number of amides is 1. The fourth-order valence-electron chi connectivity index (χ4n) is 1.23. The highest BCUT2D eigenvalue weighted by Gasteiger charge is 2.32. The van der Waals surface area contributed by atoms with E-state index in [1.807, 2.05) is 0 Å². The van der Waals surface area contributed by atoms with Crippen molar-refractivity contribution in [2.45, 2.75) is 6.36 Å². The number of hydrogen-bond acceptors (Lipinski definition) is 5. The molecular weight excluding hydrogens is 281 g/mol. The van der Waals surface area contributed by atoms with Crippen LogP contribution < -0.4 is 15.8 Å². The van der Waals surface area contributed by atoms with Crippen molar-refractivity contribution in [1.82, 2.24) is 5.32 Å². The molecular formula is C11H11F3N2O4. The number of ether oxygens (including phenoxy) is 2. The van der Waals surface area contributed by atoms with E-state index in [1.165, 1.54) is 0 Å². The van der Waals surface area contributed by atoms with E-state index < -0.39 is 24.0 Å². The zero-order valence-corrected chi connectivity index (χ0v) is 10.3. The van der Waals surface area contributed by atoms with Crippen molar-refractivity contribution < 1.29 is 32.2 Å². The molecule has 0 aliphatic carbocycles. The number of hydrogen-bond donors (Lipinski definition) is 2. The SMILES string of the molecule is COC(=O)CNC(=O)c1ccc(OC(F)(F)F)c(N)c1. The van der Waals surface area contributed by atoms with Gasteiger partial charge in [0.25, 0.3) is 5.91 Å². The van der Waals surface area contributed by atoms with Crippen LogP contribution in [0.15, 0.2) is 18.2 Å². The van der Waals surface area contributed by atoms with E-state index in [4.69, 9.17) is 5.73 Å². The molecule has 0 atom stereocenters. The van der Waals surface area contributed by atoms with E-state index in [0.29, 0.717) is 0 Å². The second-order valence-corrected chi connectivity index (χ2v) is 3.56. The molecule has 0 spiro atoms. The molecule has 1 amide bonds. The number of carbonyl (C=O) groups is 2. The van der Waals surface area contributed by atoms with Crippen molar-refractivity contribution in [1.29, 1.82) is 0 Å². The summed E-state index contributed by atoms with van der Waals surface area (Å²) in [4.78, 5) is 22.4. The Balaban J connectivity index is 2.76. The van der Waals surface area contributed by atoms with Crippen molar-refractivity contribution in [2.75, 3.05) is 19.4 Å². The number of esters is 1. The summed E-state index contributed by atoms with van der Waals surface area (Å²) in [5, 5.41) is 2.21. The van der Waals surface area contributed by atoms with Gasteiger partial charge >= 0.3 is 12.3 Å². The van der Waals surface area contributed by atoms with Gasteiger partial charge in [-0.15, -0.1) is 13.2 Å². The summed E-state index contributed by atoms with van der Waals surface area (Å²) in [5.41, 5.74) is 4.99. The number of anilines is 1. The fourth-order valence-corrected chi connectivity index (χ4v) is 1.23. The van der Waals surface area contributed by atoms with Gasteiger partial charge in [-0.1, -0.05) is 0 Å². The van der Waals surface area contributed by atoms with Crippen LogP contribution in [-0.4, -0.2) is 31.9 Å². The quantitative estimate of drug-likeness (QED) is 0.640. The Morgan fingerprint density at radius 2 is 2.00 bits per heavy atom. The van der Waals surface area contributed by atoms with Crippen LogP contribution in [-0.2, 0) is 9.53 Å². The lowest BCUT2D eigenvalue weighted by Crippen LogP contribution is -2.30. The van der Waals surface area contributed by atoms with E-state index in [9.17, 15) is 22.8 Å². The molecule has 110 valence electrons. The van der Waals surface area contributed by atoms with Crippen LogP contribution in [0.3, 0.4) is 0 Å². The number of nitrogens with one attached hydrogen (secondary N) is 1. The van der Waals surface area contributed by atoms with Gasteiger partial charge in [-0.2, -0.15) is 0 Å². The molecule has 0 aromatic heterocycles. The molecule has 9 heteroatoms. The van der Waals surface area contributed by atoms with E-state index >= 15 is 0 Å². The van der Waals surface area contributed by atoms with E-state index in [2.05, 4.69) is 14.8 Å². The Morgan fingerprint density at radius 1 is 1.35 bits per heavy atom. The number of rotatable bonds is 4. The molecule has 0 fully saturated rings. The van der Waals surface area contributed by atoms with Gasteiger partial charge in [0.2, 0.25) is 0 Å². The molecule has 6 nitrogen and oxygen atoms in total. The Hall–Kier alpha value is -2.45. The van der Waals surface area contributed by atoms with Gasteiger partial charge in [-0.3, -0.25) is 9.59 Å². The van der Waals surface area contributed by atoms with Crippen molar-refractivity contribution in [3.63, 3.8) is 0 Å². The first-order valence-corrected chi connectivity index (χ1v) is 5.23. The lowest BCUT2D eigenvalue weighted by atomic mass is 10.2. The topological polar surface area (TPSA) is 90.6 Å². The number of nitrogens with two attached hydrogens (primary N) is 1. The minimum absolute atomic E-state index is 0.0130. The van der Waals surface area contributed by atoms with Crippen LogP contribution in [0.25, 0.3) is 0 Å². The highest BCUT2D eigenvalue weighted by atomic mass is 19.4. The minimum atomic E-state index is -4.87. The monoisotopic (exact) mass is 292 g/mol. The van der Waals surface area contributed by atoms with Gasteiger partial charge in [-0.25, -0.2) is 0 Å². The smallest absolute Gasteiger partial charge is 0.468 e. The minimum Gasteiger partial charge on any atom is -0.468 e. The van der Waals surface area contributed by atoms with Gasteiger partial charge < -0.3 is 20.5 Å². The fraction of sp³-hybridized carbons (Fsp3) is 0.273. The van der Waals surface area contributed by atoms with Crippen LogP contribution in [0.4, 0.5) is 18.9 Å². The Bertz CT molecular complexity index is 517. The summed E-state index contributed by atoms with van der Waals surface area (Å²) in [6.45, 7) is -0.365. The summed E-state index contributed by atoms with van der Waals surface area (Å²) in [7, 11) is 1.15. The van der Waals surface area contributed by atoms with Crippen molar-refractivity contribution in [3.05, 3.63) is 23.8 Å². The number of nitrogen functional groups attached to an aromatic ring is 1. The van der Waals surface area contributed by atoms with E-state index in [0.717, 1.165) is 25.3 Å². The molecule has 0 saturated carbocycles. The highest BCUT2D eigenvalue weighted by Crippen LogP contribution is 2.28. The van der Waals surface area contributed by atoms with Gasteiger partial charge in [0.05, 0.1) is 12.8 Å². The molecule has 1 rings (SSSR count). The van der Waals surface area contributed by atoms with Crippen LogP contribution in [0, 0.1) is 0 Å². The predicted octanol–water partition coefficient (Wildman–Crippen LogP) is 1.07. The molecule has 0 heterocycles. The number of carbonyl (C=O) groups excluding carboxylic acids is 2. The molecule has 0 unspecified atom stereocenters. The third-order valence-electron chi connectivity index (χ3n) is 2.12. The maximum Gasteiger partial charge on any atom is 0.573 e. The summed E-state index contributed by atoms with van der Waals surface area (Å²) >= 11 is 0. The number of benzene rings is 1. The number of alkyl halides is 3. The summed E-state index contributed by atoms with van der Waals surface area (Å²) in [6.07, 6.45) is -4.87. The lowest BCUT2D eigenvalue weighted by molar-refractivity contribution is -0.274. The molecule has 3 N–H and O–H groups in total. The highest BCUT2D eigenvalue weighted by molar-refractivity contribution is 5.97. The summed E-state index contributed by atoms with van der Waals surface area (Å²) < 4.78 is 44.0. The van der Waals surface area contributed by atoms with Gasteiger partial charge in [-0.05, 0) is 18.2 Å². The standard InChI is InChI=1S/C11H11F3N2O4/c1-19-9(17)5-16-10(18)6-2-3-8(7(15)4-6)20-11(12,13)14/h2-4H,5,15H2,1H3,(H,16,18). The maximum absolute atomic E-state index is 12.0. The van der Waals surface area contributed by atoms with E-state index in [-0.39, 0.29) is 17.8 Å². The Morgan fingerprint density at radius 3 is 2.50 bits per heavy atom. The van der Waals surface area contributed by atoms with Crippen LogP contribution in [0.1, 0.15) is 10.4 Å². The first-order valence-electron chi connectivity index (χ1n) is 5.23. The summed E-state index contributed by atoms with van der Waals surface area (Å²) in [5.74, 6) is -1.95. The van der Waals surface area contributed by atoms with Crippen LogP contribution >= 0.6 is 0 Å². The zero-order valence-electron chi connectivity index (χ0n) is 10.3. The lowest BCUT2D eigenvalue weighted by Gasteiger charge is -2.12. The van der Waals surface area contributed by atoms with Gasteiger partial charge in [0, 0.05) is 5.56 Å². The van der Waals surface area contributed by atoms with Crippen LogP contribution in [0.2, 0.25) is 0 Å². The van der Waals surface area contributed by atoms with E-state index in [1.54, 1.807) is 0 Å². The third kappa shape index (κ3) is 4.67.